The predicted octanol–water partition coefficient (Wildman–Crippen LogP) is 2.22. The molecular weight excluding hydrogens is 262 g/mol. The van der Waals surface area contributed by atoms with Gasteiger partial charge in [-0.05, 0) is 31.9 Å². The topological polar surface area (TPSA) is 69.4 Å². The van der Waals surface area contributed by atoms with E-state index >= 15 is 0 Å². The van der Waals surface area contributed by atoms with E-state index < -0.39 is 9.84 Å². The summed E-state index contributed by atoms with van der Waals surface area (Å²) in [6.07, 6.45) is 0.637. The van der Waals surface area contributed by atoms with Gasteiger partial charge in [0.15, 0.2) is 9.84 Å². The van der Waals surface area contributed by atoms with Gasteiger partial charge in [0.2, 0.25) is 0 Å². The Morgan fingerprint density at radius 3 is 2.58 bits per heavy atom. The van der Waals surface area contributed by atoms with Gasteiger partial charge in [-0.2, -0.15) is 0 Å². The minimum atomic E-state index is -3.00. The summed E-state index contributed by atoms with van der Waals surface area (Å²) >= 11 is 0. The Labute approximate surface area is 115 Å². The minimum absolute atomic E-state index is 0.0488. The molecule has 0 aliphatic carbocycles. The Morgan fingerprint density at radius 1 is 1.32 bits per heavy atom. The van der Waals surface area contributed by atoms with Gasteiger partial charge in [0.25, 0.3) is 0 Å². The maximum atomic E-state index is 11.6. The van der Waals surface area contributed by atoms with Crippen LogP contribution < -0.4 is 10.5 Å². The van der Waals surface area contributed by atoms with E-state index in [1.54, 1.807) is 0 Å². The summed E-state index contributed by atoms with van der Waals surface area (Å²) in [5, 5.41) is 0. The van der Waals surface area contributed by atoms with Crippen molar-refractivity contribution in [1.82, 2.24) is 0 Å². The molecule has 0 saturated heterocycles. The van der Waals surface area contributed by atoms with E-state index in [1.165, 1.54) is 0 Å². The number of rotatable bonds is 7. The van der Waals surface area contributed by atoms with Crippen molar-refractivity contribution in [2.45, 2.75) is 33.2 Å². The van der Waals surface area contributed by atoms with Gasteiger partial charge in [-0.15, -0.1) is 0 Å². The number of sulfone groups is 1. The third kappa shape index (κ3) is 5.20. The van der Waals surface area contributed by atoms with Crippen LogP contribution in [0.4, 0.5) is 0 Å². The molecule has 1 unspecified atom stereocenters. The first-order valence-electron chi connectivity index (χ1n) is 6.55. The maximum Gasteiger partial charge on any atom is 0.153 e. The quantitative estimate of drug-likeness (QED) is 0.834. The van der Waals surface area contributed by atoms with Crippen LogP contribution in [0.1, 0.15) is 37.4 Å². The van der Waals surface area contributed by atoms with Gasteiger partial charge < -0.3 is 10.5 Å². The molecule has 0 aromatic heterocycles. The van der Waals surface area contributed by atoms with Crippen molar-refractivity contribution in [2.24, 2.45) is 5.73 Å². The first-order valence-corrected chi connectivity index (χ1v) is 8.37. The van der Waals surface area contributed by atoms with E-state index in [0.717, 1.165) is 11.1 Å². The third-order valence-electron chi connectivity index (χ3n) is 2.83. The van der Waals surface area contributed by atoms with Crippen LogP contribution in [0.5, 0.6) is 5.75 Å². The number of ether oxygens (including phenoxy) is 1. The molecule has 0 aliphatic heterocycles. The molecular formula is C14H23NO3S. The molecule has 1 aromatic carbocycles. The fourth-order valence-electron chi connectivity index (χ4n) is 1.83. The highest BCUT2D eigenvalue weighted by molar-refractivity contribution is 7.91. The van der Waals surface area contributed by atoms with Crippen LogP contribution in [0.25, 0.3) is 0 Å². The van der Waals surface area contributed by atoms with Gasteiger partial charge in [-0.3, -0.25) is 0 Å². The van der Waals surface area contributed by atoms with Crippen molar-refractivity contribution in [3.05, 3.63) is 29.3 Å². The molecule has 1 atom stereocenters. The van der Waals surface area contributed by atoms with Gasteiger partial charge in [0, 0.05) is 11.6 Å². The lowest BCUT2D eigenvalue weighted by molar-refractivity contribution is 0.335. The Bertz CT molecular complexity index is 509. The van der Waals surface area contributed by atoms with Gasteiger partial charge in [-0.1, -0.05) is 19.1 Å². The Balaban J connectivity index is 2.70. The first kappa shape index (κ1) is 16.0. The second-order valence-electron chi connectivity index (χ2n) is 4.83. The molecule has 0 aliphatic rings. The second kappa shape index (κ2) is 6.91. The molecule has 1 rings (SSSR count). The normalized spacial score (nSPS) is 13.3. The van der Waals surface area contributed by atoms with E-state index in [0.29, 0.717) is 12.2 Å². The number of benzene rings is 1. The van der Waals surface area contributed by atoms with Crippen LogP contribution >= 0.6 is 0 Å². The molecule has 108 valence electrons. The third-order valence-corrected chi connectivity index (χ3v) is 4.65. The molecule has 1 aromatic rings. The lowest BCUT2D eigenvalue weighted by Gasteiger charge is -2.14. The minimum Gasteiger partial charge on any atom is -0.492 e. The second-order valence-corrected chi connectivity index (χ2v) is 7.13. The van der Waals surface area contributed by atoms with Crippen molar-refractivity contribution in [3.63, 3.8) is 0 Å². The number of nitrogens with two attached hydrogens (primary N) is 1. The highest BCUT2D eigenvalue weighted by atomic mass is 32.2. The van der Waals surface area contributed by atoms with E-state index in [2.05, 4.69) is 0 Å². The van der Waals surface area contributed by atoms with E-state index in [4.69, 9.17) is 10.5 Å². The van der Waals surface area contributed by atoms with Crippen molar-refractivity contribution < 1.29 is 13.2 Å². The Kier molecular flexibility index (Phi) is 5.82. The highest BCUT2D eigenvalue weighted by Crippen LogP contribution is 2.25. The monoisotopic (exact) mass is 285 g/mol. The SMILES string of the molecule is CCCS(=O)(=O)CCOc1cc(C)ccc1C(C)N. The molecule has 0 bridgehead atoms. The molecule has 19 heavy (non-hydrogen) atoms. The number of hydrogen-bond acceptors (Lipinski definition) is 4. The summed E-state index contributed by atoms with van der Waals surface area (Å²) in [5.41, 5.74) is 7.84. The fraction of sp³-hybridized carbons (Fsp3) is 0.571. The predicted molar refractivity (Wildman–Crippen MR) is 78.2 cm³/mol. The standard InChI is InChI=1S/C14H23NO3S/c1-4-8-19(16,17)9-7-18-14-10-11(2)5-6-13(14)12(3)15/h5-6,10,12H,4,7-9,15H2,1-3H3. The van der Waals surface area contributed by atoms with Gasteiger partial charge >= 0.3 is 0 Å². The lowest BCUT2D eigenvalue weighted by Crippen LogP contribution is -2.17. The van der Waals surface area contributed by atoms with E-state index in [9.17, 15) is 8.42 Å². The van der Waals surface area contributed by atoms with Crippen molar-refractivity contribution >= 4 is 9.84 Å². The van der Waals surface area contributed by atoms with Crippen LogP contribution in [0.2, 0.25) is 0 Å². The maximum absolute atomic E-state index is 11.6. The van der Waals surface area contributed by atoms with Crippen LogP contribution in [0.15, 0.2) is 18.2 Å². The molecule has 0 spiro atoms. The smallest absolute Gasteiger partial charge is 0.153 e. The average molecular weight is 285 g/mol. The summed E-state index contributed by atoms with van der Waals surface area (Å²) in [7, 11) is -3.00. The first-order chi connectivity index (χ1) is 8.85. The van der Waals surface area contributed by atoms with Crippen LogP contribution in [-0.2, 0) is 9.84 Å². The molecule has 0 amide bonds. The average Bonchev–Trinajstić information content (AvgIpc) is 2.28. The summed E-state index contributed by atoms with van der Waals surface area (Å²) in [5.74, 6) is 0.944. The fourth-order valence-corrected chi connectivity index (χ4v) is 3.00. The molecule has 0 saturated carbocycles. The summed E-state index contributed by atoms with van der Waals surface area (Å²) in [6, 6.07) is 5.66. The van der Waals surface area contributed by atoms with E-state index in [1.807, 2.05) is 39.0 Å². The van der Waals surface area contributed by atoms with Crippen LogP contribution in [0.3, 0.4) is 0 Å². The molecule has 0 radical (unpaired) electrons. The molecule has 5 heteroatoms. The molecule has 0 fully saturated rings. The Morgan fingerprint density at radius 2 is 2.00 bits per heavy atom. The van der Waals surface area contributed by atoms with Crippen molar-refractivity contribution in [1.29, 1.82) is 0 Å². The van der Waals surface area contributed by atoms with Gasteiger partial charge in [-0.25, -0.2) is 8.42 Å². The molecule has 2 N–H and O–H groups in total. The van der Waals surface area contributed by atoms with Crippen molar-refractivity contribution in [3.8, 4) is 5.75 Å². The zero-order valence-electron chi connectivity index (χ0n) is 11.8. The summed E-state index contributed by atoms with van der Waals surface area (Å²) in [4.78, 5) is 0. The summed E-state index contributed by atoms with van der Waals surface area (Å²) < 4.78 is 28.8. The zero-order chi connectivity index (χ0) is 14.5. The van der Waals surface area contributed by atoms with Crippen LogP contribution in [-0.4, -0.2) is 26.5 Å². The largest absolute Gasteiger partial charge is 0.492 e. The molecule has 4 nitrogen and oxygen atoms in total. The Hall–Kier alpha value is -1.07. The number of hydrogen-bond donors (Lipinski definition) is 1. The zero-order valence-corrected chi connectivity index (χ0v) is 12.7. The van der Waals surface area contributed by atoms with Crippen molar-refractivity contribution in [2.75, 3.05) is 18.1 Å². The van der Waals surface area contributed by atoms with E-state index in [-0.39, 0.29) is 24.2 Å². The molecule has 0 heterocycles. The van der Waals surface area contributed by atoms with Crippen LogP contribution in [0, 0.1) is 6.92 Å². The summed E-state index contributed by atoms with van der Waals surface area (Å²) in [6.45, 7) is 5.87. The lowest BCUT2D eigenvalue weighted by atomic mass is 10.1. The number of aryl methyl sites for hydroxylation is 1. The van der Waals surface area contributed by atoms with Gasteiger partial charge in [0.05, 0.1) is 11.5 Å². The highest BCUT2D eigenvalue weighted by Gasteiger charge is 2.12. The van der Waals surface area contributed by atoms with Gasteiger partial charge in [0.1, 0.15) is 12.4 Å².